The molecule has 0 aromatic rings. The summed E-state index contributed by atoms with van der Waals surface area (Å²) >= 11 is 0. The van der Waals surface area contributed by atoms with Crippen molar-refractivity contribution in [3.8, 4) is 0 Å². The van der Waals surface area contributed by atoms with Crippen molar-refractivity contribution in [2.75, 3.05) is 13.2 Å². The summed E-state index contributed by atoms with van der Waals surface area (Å²) in [5.74, 6) is 1.55. The normalized spacial score (nSPS) is 39.6. The van der Waals surface area contributed by atoms with E-state index in [4.69, 9.17) is 5.11 Å². The van der Waals surface area contributed by atoms with Gasteiger partial charge < -0.3 is 10.4 Å². The number of hydrogen-bond acceptors (Lipinski definition) is 2. The summed E-state index contributed by atoms with van der Waals surface area (Å²) < 4.78 is 0. The molecule has 3 atom stereocenters. The second-order valence-corrected chi connectivity index (χ2v) is 4.31. The van der Waals surface area contributed by atoms with Crippen LogP contribution in [0.25, 0.3) is 0 Å². The monoisotopic (exact) mass is 181 g/mol. The fraction of sp³-hybridized carbons (Fsp3) is 0.818. The van der Waals surface area contributed by atoms with Gasteiger partial charge in [0.2, 0.25) is 0 Å². The van der Waals surface area contributed by atoms with Crippen LogP contribution in [0.5, 0.6) is 0 Å². The highest BCUT2D eigenvalue weighted by atomic mass is 16.3. The zero-order valence-corrected chi connectivity index (χ0v) is 8.08. The van der Waals surface area contributed by atoms with E-state index in [9.17, 15) is 0 Å². The van der Waals surface area contributed by atoms with Crippen molar-refractivity contribution >= 4 is 0 Å². The quantitative estimate of drug-likeness (QED) is 0.630. The topological polar surface area (TPSA) is 32.3 Å². The Bertz CT molecular complexity index is 191. The van der Waals surface area contributed by atoms with Crippen LogP contribution in [0.15, 0.2) is 12.2 Å². The largest absolute Gasteiger partial charge is 0.395 e. The molecule has 0 radical (unpaired) electrons. The number of aliphatic hydroxyl groups excluding tert-OH is 1. The van der Waals surface area contributed by atoms with E-state index in [2.05, 4.69) is 17.5 Å². The molecule has 0 spiro atoms. The molecule has 2 nitrogen and oxygen atoms in total. The minimum absolute atomic E-state index is 0.299. The Balaban J connectivity index is 1.87. The summed E-state index contributed by atoms with van der Waals surface area (Å²) in [6.07, 6.45) is 9.82. The number of aliphatic hydroxyl groups is 1. The molecule has 0 amide bonds. The Labute approximate surface area is 80.0 Å². The highest BCUT2D eigenvalue weighted by Gasteiger charge is 2.28. The van der Waals surface area contributed by atoms with E-state index in [1.807, 2.05) is 0 Å². The second kappa shape index (κ2) is 4.25. The molecule has 2 unspecified atom stereocenters. The lowest BCUT2D eigenvalue weighted by Crippen LogP contribution is -2.24. The van der Waals surface area contributed by atoms with E-state index < -0.39 is 0 Å². The molecule has 2 rings (SSSR count). The summed E-state index contributed by atoms with van der Waals surface area (Å²) in [4.78, 5) is 0. The maximum absolute atomic E-state index is 9.00. The molecule has 1 heterocycles. The molecule has 0 aromatic heterocycles. The van der Waals surface area contributed by atoms with Gasteiger partial charge in [-0.3, -0.25) is 0 Å². The van der Waals surface area contributed by atoms with Crippen molar-refractivity contribution in [2.45, 2.75) is 31.7 Å². The van der Waals surface area contributed by atoms with Gasteiger partial charge in [0.15, 0.2) is 0 Å². The summed E-state index contributed by atoms with van der Waals surface area (Å²) in [5, 5.41) is 12.4. The van der Waals surface area contributed by atoms with Crippen molar-refractivity contribution < 1.29 is 5.11 Å². The molecule has 2 N–H and O–H groups in total. The van der Waals surface area contributed by atoms with Gasteiger partial charge in [-0.2, -0.15) is 0 Å². The molecule has 0 bridgehead atoms. The standard InChI is InChI=1S/C11H19NO/c13-8-11-6-10(7-12-11)9-4-2-1-3-5-9/h2,4,9-13H,1,3,5-8H2/t9?,10?,11-/m0/s1. The van der Waals surface area contributed by atoms with E-state index in [1.54, 1.807) is 0 Å². The SMILES string of the molecule is OC[C@@H]1CC(C2C=CCCC2)CN1. The Kier molecular flexibility index (Phi) is 3.01. The maximum Gasteiger partial charge on any atom is 0.0584 e. The van der Waals surface area contributed by atoms with Crippen molar-refractivity contribution in [1.82, 2.24) is 5.32 Å². The van der Waals surface area contributed by atoms with Gasteiger partial charge in [0.05, 0.1) is 6.61 Å². The second-order valence-electron chi connectivity index (χ2n) is 4.31. The molecule has 2 aliphatic rings. The highest BCUT2D eigenvalue weighted by Crippen LogP contribution is 2.30. The van der Waals surface area contributed by atoms with E-state index >= 15 is 0 Å². The van der Waals surface area contributed by atoms with Crippen LogP contribution in [-0.4, -0.2) is 24.3 Å². The molecule has 1 fully saturated rings. The van der Waals surface area contributed by atoms with Gasteiger partial charge in [-0.1, -0.05) is 12.2 Å². The van der Waals surface area contributed by atoms with Crippen molar-refractivity contribution in [1.29, 1.82) is 0 Å². The van der Waals surface area contributed by atoms with Crippen LogP contribution in [0.1, 0.15) is 25.7 Å². The average molecular weight is 181 g/mol. The van der Waals surface area contributed by atoms with Crippen LogP contribution < -0.4 is 5.32 Å². The van der Waals surface area contributed by atoms with Gasteiger partial charge in [0, 0.05) is 6.04 Å². The molecule has 1 aliphatic heterocycles. The smallest absolute Gasteiger partial charge is 0.0584 e. The van der Waals surface area contributed by atoms with E-state index in [1.165, 1.54) is 19.3 Å². The Morgan fingerprint density at radius 3 is 3.00 bits per heavy atom. The molecule has 1 saturated heterocycles. The zero-order chi connectivity index (χ0) is 9.10. The minimum atomic E-state index is 0.299. The summed E-state index contributed by atoms with van der Waals surface area (Å²) in [5.41, 5.74) is 0. The number of hydrogen-bond donors (Lipinski definition) is 2. The van der Waals surface area contributed by atoms with Gasteiger partial charge in [-0.05, 0) is 44.1 Å². The first-order valence-corrected chi connectivity index (χ1v) is 5.41. The van der Waals surface area contributed by atoms with E-state index in [-0.39, 0.29) is 0 Å². The van der Waals surface area contributed by atoms with Crippen LogP contribution in [0.2, 0.25) is 0 Å². The van der Waals surface area contributed by atoms with Gasteiger partial charge in [0.1, 0.15) is 0 Å². The Hall–Kier alpha value is -0.340. The first kappa shape index (κ1) is 9.22. The molecular formula is C11H19NO. The molecule has 0 aromatic carbocycles. The summed E-state index contributed by atoms with van der Waals surface area (Å²) in [7, 11) is 0. The lowest BCUT2D eigenvalue weighted by atomic mass is 9.83. The first-order valence-electron chi connectivity index (χ1n) is 5.41. The van der Waals surface area contributed by atoms with Crippen LogP contribution >= 0.6 is 0 Å². The van der Waals surface area contributed by atoms with Crippen LogP contribution in [-0.2, 0) is 0 Å². The van der Waals surface area contributed by atoms with Gasteiger partial charge in [-0.25, -0.2) is 0 Å². The molecular weight excluding hydrogens is 162 g/mol. The summed E-state index contributed by atoms with van der Waals surface area (Å²) in [6, 6.07) is 0.361. The summed E-state index contributed by atoms with van der Waals surface area (Å²) in [6.45, 7) is 1.40. The molecule has 74 valence electrons. The molecule has 13 heavy (non-hydrogen) atoms. The van der Waals surface area contributed by atoms with Crippen molar-refractivity contribution in [3.63, 3.8) is 0 Å². The predicted octanol–water partition coefficient (Wildman–Crippen LogP) is 1.31. The number of nitrogens with one attached hydrogen (secondary N) is 1. The fourth-order valence-corrected chi connectivity index (χ4v) is 2.55. The lowest BCUT2D eigenvalue weighted by molar-refractivity contribution is 0.249. The Morgan fingerprint density at radius 2 is 2.38 bits per heavy atom. The predicted molar refractivity (Wildman–Crippen MR) is 53.5 cm³/mol. The van der Waals surface area contributed by atoms with Gasteiger partial charge in [-0.15, -0.1) is 0 Å². The third-order valence-corrected chi connectivity index (χ3v) is 3.37. The average Bonchev–Trinajstić information content (AvgIpc) is 2.67. The van der Waals surface area contributed by atoms with Crippen molar-refractivity contribution in [3.05, 3.63) is 12.2 Å². The first-order chi connectivity index (χ1) is 6.40. The maximum atomic E-state index is 9.00. The van der Waals surface area contributed by atoms with Crippen LogP contribution in [0.3, 0.4) is 0 Å². The van der Waals surface area contributed by atoms with Crippen LogP contribution in [0, 0.1) is 11.8 Å². The number of allylic oxidation sites excluding steroid dienone is 2. The number of rotatable bonds is 2. The Morgan fingerprint density at radius 1 is 1.46 bits per heavy atom. The third kappa shape index (κ3) is 2.12. The molecule has 0 saturated carbocycles. The molecule has 2 heteroatoms. The minimum Gasteiger partial charge on any atom is -0.395 e. The van der Waals surface area contributed by atoms with E-state index in [0.717, 1.165) is 24.8 Å². The molecule has 1 aliphatic carbocycles. The zero-order valence-electron chi connectivity index (χ0n) is 8.08. The fourth-order valence-electron chi connectivity index (χ4n) is 2.55. The van der Waals surface area contributed by atoms with Gasteiger partial charge >= 0.3 is 0 Å². The van der Waals surface area contributed by atoms with Gasteiger partial charge in [0.25, 0.3) is 0 Å². The van der Waals surface area contributed by atoms with Crippen LogP contribution in [0.4, 0.5) is 0 Å². The highest BCUT2D eigenvalue weighted by molar-refractivity contribution is 4.99. The van der Waals surface area contributed by atoms with Crippen molar-refractivity contribution in [2.24, 2.45) is 11.8 Å². The third-order valence-electron chi connectivity index (χ3n) is 3.37. The van der Waals surface area contributed by atoms with E-state index in [0.29, 0.717) is 12.6 Å². The lowest BCUT2D eigenvalue weighted by Gasteiger charge is -2.22.